The molecule has 0 atom stereocenters. The van der Waals surface area contributed by atoms with Gasteiger partial charge in [-0.15, -0.1) is 0 Å². The number of carbonyl (C=O) groups is 2. The Balaban J connectivity index is 2.00. The first kappa shape index (κ1) is 17.1. The first-order valence-corrected chi connectivity index (χ1v) is 7.06. The van der Waals surface area contributed by atoms with E-state index in [4.69, 9.17) is 5.11 Å². The number of halogens is 3. The summed E-state index contributed by atoms with van der Waals surface area (Å²) in [5, 5.41) is 11.5. The SMILES string of the molecule is O=C(CC1(C(=O)O)CCC1)NCc1c(F)cccc1OC(F)F. The fourth-order valence-electron chi connectivity index (χ4n) is 2.54. The van der Waals surface area contributed by atoms with Crippen LogP contribution in [0.5, 0.6) is 5.75 Å². The fourth-order valence-corrected chi connectivity index (χ4v) is 2.54. The lowest BCUT2D eigenvalue weighted by atomic mass is 9.66. The second-order valence-electron chi connectivity index (χ2n) is 5.49. The van der Waals surface area contributed by atoms with Crippen molar-refractivity contribution < 1.29 is 32.6 Å². The van der Waals surface area contributed by atoms with Crippen LogP contribution in [0.4, 0.5) is 13.2 Å². The zero-order valence-electron chi connectivity index (χ0n) is 12.2. The Morgan fingerprint density at radius 1 is 1.35 bits per heavy atom. The molecule has 0 radical (unpaired) electrons. The molecule has 1 aliphatic rings. The number of alkyl halides is 2. The van der Waals surface area contributed by atoms with E-state index in [1.54, 1.807) is 0 Å². The Kier molecular flexibility index (Phi) is 5.12. The number of rotatable bonds is 7. The molecule has 5 nitrogen and oxygen atoms in total. The van der Waals surface area contributed by atoms with Gasteiger partial charge in [0.15, 0.2) is 0 Å². The van der Waals surface area contributed by atoms with E-state index in [-0.39, 0.29) is 24.3 Å². The predicted octanol–water partition coefficient (Wildman–Crippen LogP) is 2.69. The molecule has 0 aliphatic heterocycles. The summed E-state index contributed by atoms with van der Waals surface area (Å²) in [5.41, 5.74) is -1.28. The maximum atomic E-state index is 13.7. The van der Waals surface area contributed by atoms with Crippen molar-refractivity contribution in [2.75, 3.05) is 0 Å². The highest BCUT2D eigenvalue weighted by molar-refractivity contribution is 5.85. The van der Waals surface area contributed by atoms with Crippen molar-refractivity contribution in [3.63, 3.8) is 0 Å². The van der Waals surface area contributed by atoms with Crippen LogP contribution in [0, 0.1) is 11.2 Å². The van der Waals surface area contributed by atoms with Gasteiger partial charge in [0.25, 0.3) is 0 Å². The quantitative estimate of drug-likeness (QED) is 0.805. The van der Waals surface area contributed by atoms with E-state index in [9.17, 15) is 22.8 Å². The molecule has 0 spiro atoms. The number of hydrogen-bond donors (Lipinski definition) is 2. The first-order chi connectivity index (χ1) is 10.8. The van der Waals surface area contributed by atoms with Crippen LogP contribution in [-0.2, 0) is 16.1 Å². The highest BCUT2D eigenvalue weighted by Crippen LogP contribution is 2.44. The molecule has 1 fully saturated rings. The van der Waals surface area contributed by atoms with Crippen molar-refractivity contribution in [2.24, 2.45) is 5.41 Å². The van der Waals surface area contributed by atoms with Crippen molar-refractivity contribution >= 4 is 11.9 Å². The average Bonchev–Trinajstić information content (AvgIpc) is 2.41. The Morgan fingerprint density at radius 2 is 2.04 bits per heavy atom. The topological polar surface area (TPSA) is 75.6 Å². The van der Waals surface area contributed by atoms with E-state index in [1.807, 2.05) is 0 Å². The summed E-state index contributed by atoms with van der Waals surface area (Å²) in [4.78, 5) is 23.1. The first-order valence-electron chi connectivity index (χ1n) is 7.06. The lowest BCUT2D eigenvalue weighted by Crippen LogP contribution is -2.42. The van der Waals surface area contributed by atoms with Gasteiger partial charge in [-0.1, -0.05) is 12.5 Å². The second-order valence-corrected chi connectivity index (χ2v) is 5.49. The summed E-state index contributed by atoms with van der Waals surface area (Å²) in [6.45, 7) is -3.47. The predicted molar refractivity (Wildman–Crippen MR) is 73.4 cm³/mol. The highest BCUT2D eigenvalue weighted by atomic mass is 19.3. The minimum atomic E-state index is -3.11. The molecule has 0 unspecified atom stereocenters. The van der Waals surface area contributed by atoms with Gasteiger partial charge in [0.2, 0.25) is 5.91 Å². The maximum absolute atomic E-state index is 13.7. The van der Waals surface area contributed by atoms with Gasteiger partial charge >= 0.3 is 12.6 Å². The molecule has 2 N–H and O–H groups in total. The molecule has 1 aromatic carbocycles. The van der Waals surface area contributed by atoms with Crippen LogP contribution in [-0.4, -0.2) is 23.6 Å². The molecule has 8 heteroatoms. The number of carboxylic acids is 1. The van der Waals surface area contributed by atoms with E-state index in [0.717, 1.165) is 12.5 Å². The van der Waals surface area contributed by atoms with Crippen LogP contribution in [0.2, 0.25) is 0 Å². The third kappa shape index (κ3) is 3.94. The van der Waals surface area contributed by atoms with Gasteiger partial charge in [-0.25, -0.2) is 4.39 Å². The fraction of sp³-hybridized carbons (Fsp3) is 0.467. The van der Waals surface area contributed by atoms with Crippen LogP contribution >= 0.6 is 0 Å². The number of hydrogen-bond acceptors (Lipinski definition) is 3. The van der Waals surface area contributed by atoms with E-state index >= 15 is 0 Å². The number of carbonyl (C=O) groups excluding carboxylic acids is 1. The van der Waals surface area contributed by atoms with Gasteiger partial charge in [0.1, 0.15) is 11.6 Å². The zero-order valence-corrected chi connectivity index (χ0v) is 12.2. The second kappa shape index (κ2) is 6.89. The monoisotopic (exact) mass is 331 g/mol. The van der Waals surface area contributed by atoms with Crippen LogP contribution in [0.15, 0.2) is 18.2 Å². The van der Waals surface area contributed by atoms with Gasteiger partial charge in [0.05, 0.1) is 5.41 Å². The van der Waals surface area contributed by atoms with E-state index < -0.39 is 29.7 Å². The van der Waals surface area contributed by atoms with Gasteiger partial charge in [-0.05, 0) is 25.0 Å². The largest absolute Gasteiger partial charge is 0.481 e. The van der Waals surface area contributed by atoms with Gasteiger partial charge in [-0.2, -0.15) is 8.78 Å². The summed E-state index contributed by atoms with van der Waals surface area (Å²) < 4.78 is 42.5. The van der Waals surface area contributed by atoms with Crippen molar-refractivity contribution in [3.8, 4) is 5.75 Å². The van der Waals surface area contributed by atoms with Gasteiger partial charge < -0.3 is 15.2 Å². The van der Waals surface area contributed by atoms with Crippen LogP contribution in [0.1, 0.15) is 31.2 Å². The summed E-state index contributed by atoms with van der Waals surface area (Å²) in [7, 11) is 0. The Hall–Kier alpha value is -2.25. The standard InChI is InChI=1S/C15H16F3NO4/c16-10-3-1-4-11(23-14(17)18)9(10)8-19-12(20)7-15(13(21)22)5-2-6-15/h1,3-4,14H,2,5-8H2,(H,19,20)(H,21,22). The van der Waals surface area contributed by atoms with Crippen LogP contribution in [0.3, 0.4) is 0 Å². The van der Waals surface area contributed by atoms with Crippen LogP contribution < -0.4 is 10.1 Å². The molecule has 1 saturated carbocycles. The molecule has 126 valence electrons. The summed E-state index contributed by atoms with van der Waals surface area (Å²) in [6, 6.07) is 3.44. The normalized spacial score (nSPS) is 15.8. The van der Waals surface area contributed by atoms with Crippen LogP contribution in [0.25, 0.3) is 0 Å². The van der Waals surface area contributed by atoms with Crippen molar-refractivity contribution in [1.29, 1.82) is 0 Å². The molecule has 0 saturated heterocycles. The number of benzene rings is 1. The number of nitrogens with one attached hydrogen (secondary N) is 1. The Bertz CT molecular complexity index is 602. The molecule has 0 bridgehead atoms. The van der Waals surface area contributed by atoms with Crippen molar-refractivity contribution in [2.45, 2.75) is 38.8 Å². The molecule has 2 rings (SSSR count). The average molecular weight is 331 g/mol. The minimum Gasteiger partial charge on any atom is -0.481 e. The summed E-state index contributed by atoms with van der Waals surface area (Å²) in [6.07, 6.45) is 1.34. The zero-order chi connectivity index (χ0) is 17.0. The Labute approximate surface area is 130 Å². The molecular formula is C15H16F3NO4. The lowest BCUT2D eigenvalue weighted by Gasteiger charge is -2.36. The number of carboxylic acid groups (broad SMARTS) is 1. The maximum Gasteiger partial charge on any atom is 0.387 e. The highest BCUT2D eigenvalue weighted by Gasteiger charge is 2.45. The minimum absolute atomic E-state index is 0.209. The van der Waals surface area contributed by atoms with Crippen molar-refractivity contribution in [3.05, 3.63) is 29.6 Å². The lowest BCUT2D eigenvalue weighted by molar-refractivity contribution is -0.157. The molecule has 0 aromatic heterocycles. The van der Waals surface area contributed by atoms with E-state index in [2.05, 4.69) is 10.1 Å². The van der Waals surface area contributed by atoms with Crippen molar-refractivity contribution in [1.82, 2.24) is 5.32 Å². The molecule has 1 amide bonds. The smallest absolute Gasteiger partial charge is 0.387 e. The molecule has 1 aliphatic carbocycles. The molecule has 23 heavy (non-hydrogen) atoms. The number of amides is 1. The molecule has 1 aromatic rings. The summed E-state index contributed by atoms with van der Waals surface area (Å²) >= 11 is 0. The summed E-state index contributed by atoms with van der Waals surface area (Å²) in [5.74, 6) is -2.76. The third-order valence-corrected chi connectivity index (χ3v) is 4.02. The van der Waals surface area contributed by atoms with Gasteiger partial charge in [0, 0.05) is 18.5 Å². The van der Waals surface area contributed by atoms with Gasteiger partial charge in [-0.3, -0.25) is 9.59 Å². The molecule has 0 heterocycles. The van der Waals surface area contributed by atoms with E-state index in [1.165, 1.54) is 12.1 Å². The number of ether oxygens (including phenoxy) is 1. The Morgan fingerprint density at radius 3 is 2.57 bits per heavy atom. The molecular weight excluding hydrogens is 315 g/mol. The van der Waals surface area contributed by atoms with E-state index in [0.29, 0.717) is 12.8 Å². The third-order valence-electron chi connectivity index (χ3n) is 4.02. The number of aliphatic carboxylic acids is 1.